The zero-order chi connectivity index (χ0) is 17.9. The van der Waals surface area contributed by atoms with Gasteiger partial charge in [-0.2, -0.15) is 0 Å². The molecule has 0 N–H and O–H groups in total. The van der Waals surface area contributed by atoms with Crippen LogP contribution in [0.25, 0.3) is 0 Å². The molecule has 0 aliphatic carbocycles. The minimum Gasteiger partial charge on any atom is -0.456 e. The first-order valence-electron chi connectivity index (χ1n) is 6.66. The van der Waals surface area contributed by atoms with Gasteiger partial charge in [-0.3, -0.25) is 4.84 Å². The van der Waals surface area contributed by atoms with Crippen LogP contribution in [-0.4, -0.2) is 38.0 Å². The van der Waals surface area contributed by atoms with Crippen LogP contribution in [0.15, 0.2) is 28.5 Å². The first kappa shape index (κ1) is 18.8. The van der Waals surface area contributed by atoms with E-state index in [1.807, 2.05) is 6.92 Å². The maximum absolute atomic E-state index is 12.3. The van der Waals surface area contributed by atoms with E-state index in [1.165, 1.54) is 37.6 Å². The van der Waals surface area contributed by atoms with Gasteiger partial charge < -0.3 is 4.74 Å². The molecular weight excluding hydrogens is 376 g/mol. The third-order valence-corrected chi connectivity index (χ3v) is 6.04. The van der Waals surface area contributed by atoms with Gasteiger partial charge in [-0.05, 0) is 25.1 Å². The van der Waals surface area contributed by atoms with Crippen LogP contribution in [0.5, 0.6) is 0 Å². The Morgan fingerprint density at radius 1 is 1.42 bits per heavy atom. The fourth-order valence-corrected chi connectivity index (χ4v) is 3.83. The highest BCUT2D eigenvalue weighted by Gasteiger charge is 2.25. The lowest BCUT2D eigenvalue weighted by Gasteiger charge is -2.15. The van der Waals surface area contributed by atoms with Crippen molar-refractivity contribution in [3.8, 4) is 0 Å². The van der Waals surface area contributed by atoms with Crippen molar-refractivity contribution in [1.82, 2.24) is 9.45 Å². The summed E-state index contributed by atoms with van der Waals surface area (Å²) in [5.41, 5.74) is 0.696. The van der Waals surface area contributed by atoms with Gasteiger partial charge in [-0.1, -0.05) is 16.1 Å². The molecule has 10 heteroatoms. The number of aromatic nitrogens is 1. The molecule has 2 rings (SSSR count). The van der Waals surface area contributed by atoms with Crippen molar-refractivity contribution in [2.24, 2.45) is 0 Å². The summed E-state index contributed by atoms with van der Waals surface area (Å²) in [6, 6.07) is 3.87. The van der Waals surface area contributed by atoms with Crippen LogP contribution in [-0.2, 0) is 26.2 Å². The number of sulfonamides is 1. The molecule has 1 aromatic carbocycles. The number of esters is 1. The van der Waals surface area contributed by atoms with E-state index in [1.54, 1.807) is 5.38 Å². The Bertz CT molecular complexity index is 851. The number of hydrogen-bond acceptors (Lipinski definition) is 7. The maximum atomic E-state index is 12.3. The van der Waals surface area contributed by atoms with Gasteiger partial charge in [-0.25, -0.2) is 18.2 Å². The van der Waals surface area contributed by atoms with E-state index in [9.17, 15) is 13.2 Å². The summed E-state index contributed by atoms with van der Waals surface area (Å²) in [6.45, 7) is 1.85. The molecule has 1 heterocycles. The lowest BCUT2D eigenvalue weighted by Crippen LogP contribution is -2.26. The third-order valence-electron chi connectivity index (χ3n) is 3.06. The van der Waals surface area contributed by atoms with Crippen LogP contribution >= 0.6 is 22.9 Å². The van der Waals surface area contributed by atoms with Crippen molar-refractivity contribution in [3.63, 3.8) is 0 Å². The van der Waals surface area contributed by atoms with Gasteiger partial charge in [0.2, 0.25) is 0 Å². The summed E-state index contributed by atoms with van der Waals surface area (Å²) >= 11 is 7.39. The zero-order valence-electron chi connectivity index (χ0n) is 13.1. The molecule has 0 radical (unpaired) electrons. The van der Waals surface area contributed by atoms with Gasteiger partial charge in [0.25, 0.3) is 10.0 Å². The molecule has 0 bridgehead atoms. The minimum atomic E-state index is -3.98. The third kappa shape index (κ3) is 4.11. The number of benzene rings is 1. The standard InChI is InChI=1S/C14H15ClN2O5S2/c1-9-16-11(8-23-9)7-22-14(18)10-4-5-12(15)13(6-10)24(19,20)17(2)21-3/h4-6,8H,7H2,1-3H3. The predicted molar refractivity (Wildman–Crippen MR) is 89.4 cm³/mol. The second-order valence-electron chi connectivity index (χ2n) is 4.68. The summed E-state index contributed by atoms with van der Waals surface area (Å²) in [7, 11) is -1.55. The average Bonchev–Trinajstić information content (AvgIpc) is 2.97. The molecule has 130 valence electrons. The molecule has 0 fully saturated rings. The molecule has 2 aromatic rings. The van der Waals surface area contributed by atoms with Crippen molar-refractivity contribution in [1.29, 1.82) is 0 Å². The Kier molecular flexibility index (Phi) is 5.94. The molecule has 1 aromatic heterocycles. The molecule has 0 spiro atoms. The predicted octanol–water partition coefficient (Wildman–Crippen LogP) is 2.64. The van der Waals surface area contributed by atoms with Gasteiger partial charge in [0, 0.05) is 12.4 Å². The first-order valence-corrected chi connectivity index (χ1v) is 9.36. The number of carbonyl (C=O) groups is 1. The van der Waals surface area contributed by atoms with E-state index in [0.29, 0.717) is 10.2 Å². The molecule has 0 amide bonds. The van der Waals surface area contributed by atoms with Crippen molar-refractivity contribution in [2.75, 3.05) is 14.2 Å². The van der Waals surface area contributed by atoms with Gasteiger partial charge in [0.1, 0.15) is 11.5 Å². The van der Waals surface area contributed by atoms with Crippen molar-refractivity contribution >= 4 is 38.9 Å². The van der Waals surface area contributed by atoms with Crippen LogP contribution in [0, 0.1) is 6.92 Å². The Hall–Kier alpha value is -1.52. The number of thiazole rings is 1. The molecular formula is C14H15ClN2O5S2. The van der Waals surface area contributed by atoms with E-state index in [-0.39, 0.29) is 22.1 Å². The number of carbonyl (C=O) groups excluding carboxylic acids is 1. The lowest BCUT2D eigenvalue weighted by atomic mass is 10.2. The molecule has 0 saturated heterocycles. The van der Waals surface area contributed by atoms with Crippen molar-refractivity contribution in [3.05, 3.63) is 44.9 Å². The lowest BCUT2D eigenvalue weighted by molar-refractivity contribution is -0.0258. The van der Waals surface area contributed by atoms with Crippen LogP contribution in [0.2, 0.25) is 5.02 Å². The molecule has 0 saturated carbocycles. The summed E-state index contributed by atoms with van der Waals surface area (Å²) in [4.78, 5) is 20.8. The number of rotatable bonds is 6. The van der Waals surface area contributed by atoms with Gasteiger partial charge in [0.15, 0.2) is 0 Å². The van der Waals surface area contributed by atoms with Gasteiger partial charge >= 0.3 is 5.97 Å². The van der Waals surface area contributed by atoms with Crippen molar-refractivity contribution in [2.45, 2.75) is 18.4 Å². The molecule has 7 nitrogen and oxygen atoms in total. The minimum absolute atomic E-state index is 0.00581. The number of hydroxylamine groups is 1. The van der Waals surface area contributed by atoms with E-state index in [4.69, 9.17) is 21.2 Å². The zero-order valence-corrected chi connectivity index (χ0v) is 15.5. The normalized spacial score (nSPS) is 11.7. The van der Waals surface area contributed by atoms with Gasteiger partial charge in [-0.15, -0.1) is 11.3 Å². The quantitative estimate of drug-likeness (QED) is 0.556. The smallest absolute Gasteiger partial charge is 0.338 e. The number of nitrogens with zero attached hydrogens (tertiary/aromatic N) is 2. The largest absolute Gasteiger partial charge is 0.456 e. The van der Waals surface area contributed by atoms with Crippen LogP contribution in [0.1, 0.15) is 21.1 Å². The summed E-state index contributed by atoms with van der Waals surface area (Å²) in [6.07, 6.45) is 0. The average molecular weight is 391 g/mol. The Morgan fingerprint density at radius 2 is 2.12 bits per heavy atom. The van der Waals surface area contributed by atoms with Crippen LogP contribution in [0.4, 0.5) is 0 Å². The highest BCUT2D eigenvalue weighted by molar-refractivity contribution is 7.89. The fourth-order valence-electron chi connectivity index (χ4n) is 1.76. The van der Waals surface area contributed by atoms with Crippen LogP contribution < -0.4 is 0 Å². The van der Waals surface area contributed by atoms with Crippen LogP contribution in [0.3, 0.4) is 0 Å². The van der Waals surface area contributed by atoms with E-state index in [0.717, 1.165) is 11.1 Å². The number of halogens is 1. The second-order valence-corrected chi connectivity index (χ2v) is 8.05. The summed E-state index contributed by atoms with van der Waals surface area (Å²) in [5, 5.41) is 2.63. The number of ether oxygens (including phenoxy) is 1. The maximum Gasteiger partial charge on any atom is 0.338 e. The van der Waals surface area contributed by atoms with Gasteiger partial charge in [0.05, 0.1) is 28.4 Å². The van der Waals surface area contributed by atoms with E-state index in [2.05, 4.69) is 4.98 Å². The van der Waals surface area contributed by atoms with E-state index < -0.39 is 16.0 Å². The molecule has 0 aliphatic heterocycles. The molecule has 0 atom stereocenters. The molecule has 24 heavy (non-hydrogen) atoms. The SMILES string of the molecule is CON(C)S(=O)(=O)c1cc(C(=O)OCc2csc(C)n2)ccc1Cl. The van der Waals surface area contributed by atoms with E-state index >= 15 is 0 Å². The summed E-state index contributed by atoms with van der Waals surface area (Å²) < 4.78 is 30.4. The molecule has 0 aliphatic rings. The summed E-state index contributed by atoms with van der Waals surface area (Å²) in [5.74, 6) is -0.672. The number of hydrogen-bond donors (Lipinski definition) is 0. The Morgan fingerprint density at radius 3 is 2.71 bits per heavy atom. The highest BCUT2D eigenvalue weighted by Crippen LogP contribution is 2.25. The Balaban J connectivity index is 2.22. The van der Waals surface area contributed by atoms with Crippen molar-refractivity contribution < 1.29 is 22.8 Å². The first-order chi connectivity index (χ1) is 11.3. The number of aryl methyl sites for hydroxylation is 1. The topological polar surface area (TPSA) is 85.8 Å². The monoisotopic (exact) mass is 390 g/mol. The second kappa shape index (κ2) is 7.58. The Labute approximate surface area is 148 Å². The molecule has 0 unspecified atom stereocenters. The highest BCUT2D eigenvalue weighted by atomic mass is 35.5. The fraction of sp³-hybridized carbons (Fsp3) is 0.286.